The van der Waals surface area contributed by atoms with Crippen LogP contribution in [0.3, 0.4) is 0 Å². The number of halogens is 3. The quantitative estimate of drug-likeness (QED) is 0.855. The molecule has 0 aliphatic heterocycles. The average molecular weight is 278 g/mol. The highest BCUT2D eigenvalue weighted by Crippen LogP contribution is 2.18. The zero-order chi connectivity index (χ0) is 14.5. The van der Waals surface area contributed by atoms with Gasteiger partial charge in [0.15, 0.2) is 0 Å². The van der Waals surface area contributed by atoms with Crippen LogP contribution in [0.25, 0.3) is 0 Å². The average Bonchev–Trinajstić information content (AvgIpc) is 2.26. The molecule has 19 heavy (non-hydrogen) atoms. The van der Waals surface area contributed by atoms with E-state index in [2.05, 4.69) is 4.98 Å². The monoisotopic (exact) mass is 278 g/mol. The van der Waals surface area contributed by atoms with Gasteiger partial charge < -0.3 is 9.84 Å². The molecule has 0 radical (unpaired) electrons. The summed E-state index contributed by atoms with van der Waals surface area (Å²) >= 11 is 0. The maximum atomic E-state index is 12.3. The summed E-state index contributed by atoms with van der Waals surface area (Å²) in [5.41, 5.74) is 0.478. The number of nitrogens with zero attached hydrogens (tertiary/aromatic N) is 2. The van der Waals surface area contributed by atoms with Gasteiger partial charge in [-0.3, -0.25) is 9.69 Å². The van der Waals surface area contributed by atoms with Crippen molar-refractivity contribution in [1.82, 2.24) is 9.88 Å². The molecule has 0 bridgehead atoms. The number of aromatic nitrogens is 1. The number of carbonyl (C=O) groups is 1. The van der Waals surface area contributed by atoms with E-state index in [4.69, 9.17) is 9.84 Å². The van der Waals surface area contributed by atoms with Crippen LogP contribution in [0.2, 0.25) is 0 Å². The Kier molecular flexibility index (Phi) is 5.11. The van der Waals surface area contributed by atoms with Crippen molar-refractivity contribution >= 4 is 5.97 Å². The Labute approximate surface area is 107 Å². The highest BCUT2D eigenvalue weighted by Gasteiger charge is 2.31. The van der Waals surface area contributed by atoms with Crippen LogP contribution < -0.4 is 4.74 Å². The minimum atomic E-state index is -4.45. The van der Waals surface area contributed by atoms with E-state index in [0.29, 0.717) is 11.4 Å². The van der Waals surface area contributed by atoms with Crippen LogP contribution >= 0.6 is 0 Å². The van der Waals surface area contributed by atoms with Crippen molar-refractivity contribution in [3.05, 3.63) is 23.9 Å². The normalized spacial score (nSPS) is 11.6. The largest absolute Gasteiger partial charge is 0.481 e. The van der Waals surface area contributed by atoms with Crippen LogP contribution in [-0.2, 0) is 11.3 Å². The highest BCUT2D eigenvalue weighted by atomic mass is 19.4. The molecule has 0 saturated carbocycles. The van der Waals surface area contributed by atoms with Crippen molar-refractivity contribution < 1.29 is 27.8 Å². The fourth-order valence-electron chi connectivity index (χ4n) is 1.50. The first-order chi connectivity index (χ1) is 8.80. The standard InChI is InChI=1S/C11H13F3N2O3/c1-19-9-3-2-8(4-15-9)5-16(6-10(17)18)7-11(12,13)14/h2-4H,5-7H2,1H3,(H,17,18). The molecule has 0 aliphatic carbocycles. The van der Waals surface area contributed by atoms with Crippen LogP contribution in [0, 0.1) is 0 Å². The molecule has 1 rings (SSSR count). The SMILES string of the molecule is COc1ccc(CN(CC(=O)O)CC(F)(F)F)cn1. The summed E-state index contributed by atoms with van der Waals surface area (Å²) in [7, 11) is 1.42. The molecule has 1 N–H and O–H groups in total. The molecule has 0 aliphatic rings. The molecule has 0 amide bonds. The summed E-state index contributed by atoms with van der Waals surface area (Å²) in [5, 5.41) is 8.60. The summed E-state index contributed by atoms with van der Waals surface area (Å²) in [6, 6.07) is 3.04. The van der Waals surface area contributed by atoms with Gasteiger partial charge in [-0.15, -0.1) is 0 Å². The van der Waals surface area contributed by atoms with E-state index in [-0.39, 0.29) is 6.54 Å². The molecule has 0 unspecified atom stereocenters. The fourth-order valence-corrected chi connectivity index (χ4v) is 1.50. The van der Waals surface area contributed by atoms with Crippen molar-refractivity contribution in [3.63, 3.8) is 0 Å². The van der Waals surface area contributed by atoms with Crippen LogP contribution in [0.1, 0.15) is 5.56 Å². The van der Waals surface area contributed by atoms with Crippen molar-refractivity contribution in [2.24, 2.45) is 0 Å². The Bertz CT molecular complexity index is 420. The molecule has 0 atom stereocenters. The van der Waals surface area contributed by atoms with Gasteiger partial charge in [0.2, 0.25) is 5.88 Å². The molecule has 0 spiro atoms. The number of rotatable bonds is 6. The smallest absolute Gasteiger partial charge is 0.401 e. The predicted molar refractivity (Wildman–Crippen MR) is 59.8 cm³/mol. The van der Waals surface area contributed by atoms with E-state index in [1.807, 2.05) is 0 Å². The van der Waals surface area contributed by atoms with Gasteiger partial charge in [0.1, 0.15) is 0 Å². The Morgan fingerprint density at radius 2 is 2.16 bits per heavy atom. The molecular formula is C11H13F3N2O3. The Balaban J connectivity index is 2.72. The Morgan fingerprint density at radius 1 is 1.47 bits per heavy atom. The highest BCUT2D eigenvalue weighted by molar-refractivity contribution is 5.69. The van der Waals surface area contributed by atoms with Crippen molar-refractivity contribution in [2.45, 2.75) is 12.7 Å². The number of hydrogen-bond acceptors (Lipinski definition) is 4. The van der Waals surface area contributed by atoms with Gasteiger partial charge in [-0.2, -0.15) is 13.2 Å². The van der Waals surface area contributed by atoms with Crippen LogP contribution in [-0.4, -0.2) is 47.3 Å². The lowest BCUT2D eigenvalue weighted by Crippen LogP contribution is -2.37. The molecule has 0 saturated heterocycles. The molecule has 0 fully saturated rings. The Morgan fingerprint density at radius 3 is 2.58 bits per heavy atom. The number of hydrogen-bond donors (Lipinski definition) is 1. The minimum Gasteiger partial charge on any atom is -0.481 e. The van der Waals surface area contributed by atoms with Crippen molar-refractivity contribution in [3.8, 4) is 5.88 Å². The van der Waals surface area contributed by atoms with Gasteiger partial charge >= 0.3 is 12.1 Å². The van der Waals surface area contributed by atoms with E-state index >= 15 is 0 Å². The number of ether oxygens (including phenoxy) is 1. The van der Waals surface area contributed by atoms with Crippen LogP contribution in [0.15, 0.2) is 18.3 Å². The molecule has 0 aromatic carbocycles. The number of carboxylic acids is 1. The maximum Gasteiger partial charge on any atom is 0.401 e. The number of alkyl halides is 3. The van der Waals surface area contributed by atoms with Crippen LogP contribution in [0.5, 0.6) is 5.88 Å². The zero-order valence-corrected chi connectivity index (χ0v) is 10.1. The zero-order valence-electron chi connectivity index (χ0n) is 10.1. The summed E-state index contributed by atoms with van der Waals surface area (Å²) in [6.07, 6.45) is -3.10. The van der Waals surface area contributed by atoms with E-state index in [9.17, 15) is 18.0 Å². The van der Waals surface area contributed by atoms with E-state index in [0.717, 1.165) is 4.90 Å². The third kappa shape index (κ3) is 6.05. The molecule has 1 heterocycles. The second kappa shape index (κ2) is 6.37. The second-order valence-corrected chi connectivity index (χ2v) is 3.86. The maximum absolute atomic E-state index is 12.3. The number of pyridine rings is 1. The molecule has 5 nitrogen and oxygen atoms in total. The summed E-state index contributed by atoms with van der Waals surface area (Å²) in [5.74, 6) is -0.977. The lowest BCUT2D eigenvalue weighted by molar-refractivity contribution is -0.154. The predicted octanol–water partition coefficient (Wildman–Crippen LogP) is 1.54. The number of carboxylic acid groups (broad SMARTS) is 1. The molecule has 1 aromatic rings. The molecule has 1 aromatic heterocycles. The van der Waals surface area contributed by atoms with Gasteiger partial charge in [0.05, 0.1) is 20.2 Å². The van der Waals surface area contributed by atoms with E-state index in [1.165, 1.54) is 25.4 Å². The summed E-state index contributed by atoms with van der Waals surface area (Å²) < 4.78 is 41.7. The van der Waals surface area contributed by atoms with Gasteiger partial charge in [-0.1, -0.05) is 6.07 Å². The van der Waals surface area contributed by atoms with Crippen molar-refractivity contribution in [1.29, 1.82) is 0 Å². The topological polar surface area (TPSA) is 62.7 Å². The van der Waals surface area contributed by atoms with Gasteiger partial charge in [-0.05, 0) is 5.56 Å². The number of aliphatic carboxylic acids is 1. The van der Waals surface area contributed by atoms with Gasteiger partial charge in [0.25, 0.3) is 0 Å². The first-order valence-electron chi connectivity index (χ1n) is 5.30. The third-order valence-corrected chi connectivity index (χ3v) is 2.17. The van der Waals surface area contributed by atoms with E-state index < -0.39 is 25.2 Å². The second-order valence-electron chi connectivity index (χ2n) is 3.86. The first kappa shape index (κ1) is 15.2. The van der Waals surface area contributed by atoms with Crippen molar-refractivity contribution in [2.75, 3.05) is 20.2 Å². The van der Waals surface area contributed by atoms with Gasteiger partial charge in [0, 0.05) is 18.8 Å². The fraction of sp³-hybridized carbons (Fsp3) is 0.455. The molecular weight excluding hydrogens is 265 g/mol. The molecule has 106 valence electrons. The number of methoxy groups -OCH3 is 1. The minimum absolute atomic E-state index is 0.150. The first-order valence-corrected chi connectivity index (χ1v) is 5.30. The lowest BCUT2D eigenvalue weighted by atomic mass is 10.2. The molecule has 8 heteroatoms. The summed E-state index contributed by atoms with van der Waals surface area (Å²) in [6.45, 7) is -2.13. The van der Waals surface area contributed by atoms with E-state index in [1.54, 1.807) is 0 Å². The summed E-state index contributed by atoms with van der Waals surface area (Å²) in [4.78, 5) is 15.2. The lowest BCUT2D eigenvalue weighted by Gasteiger charge is -2.21. The van der Waals surface area contributed by atoms with Gasteiger partial charge in [-0.25, -0.2) is 4.98 Å². The third-order valence-electron chi connectivity index (χ3n) is 2.17. The Hall–Kier alpha value is -1.83. The van der Waals surface area contributed by atoms with Crippen LogP contribution in [0.4, 0.5) is 13.2 Å².